The third-order valence-corrected chi connectivity index (χ3v) is 1.83. The molecule has 0 saturated heterocycles. The molecule has 0 saturated carbocycles. The van der Waals surface area contributed by atoms with Gasteiger partial charge in [-0.2, -0.15) is 0 Å². The van der Waals surface area contributed by atoms with E-state index in [1.165, 1.54) is 11.9 Å². The lowest BCUT2D eigenvalue weighted by atomic mass is 10.5. The van der Waals surface area contributed by atoms with E-state index in [-0.39, 0.29) is 0 Å². The van der Waals surface area contributed by atoms with Crippen LogP contribution in [-0.4, -0.2) is 44.2 Å². The van der Waals surface area contributed by atoms with Crippen LogP contribution < -0.4 is 10.0 Å². The second-order valence-electron chi connectivity index (χ2n) is 2.76. The van der Waals surface area contributed by atoms with E-state index in [1.807, 2.05) is 14.1 Å². The van der Waals surface area contributed by atoms with Crippen molar-refractivity contribution >= 4 is 17.0 Å². The van der Waals surface area contributed by atoms with E-state index in [9.17, 15) is 0 Å². The molecule has 3 N–H and O–H groups in total. The first-order valence-corrected chi connectivity index (χ1v) is 4.95. The van der Waals surface area contributed by atoms with Gasteiger partial charge in [-0.3, -0.25) is 10.1 Å². The Morgan fingerprint density at radius 3 is 2.77 bits per heavy atom. The third kappa shape index (κ3) is 9.39. The SMILES string of the molecule is CNSC(=N)/C=C\NCCN(C)C. The van der Waals surface area contributed by atoms with E-state index in [0.717, 1.165) is 13.1 Å². The minimum atomic E-state index is 0.500. The van der Waals surface area contributed by atoms with Gasteiger partial charge < -0.3 is 10.2 Å². The lowest BCUT2D eigenvalue weighted by molar-refractivity contribution is 0.410. The van der Waals surface area contributed by atoms with Gasteiger partial charge in [-0.15, -0.1) is 0 Å². The van der Waals surface area contributed by atoms with Crippen LogP contribution in [-0.2, 0) is 0 Å². The highest BCUT2D eigenvalue weighted by Crippen LogP contribution is 1.94. The predicted octanol–water partition coefficient (Wildman–Crippen LogP) is 0.496. The van der Waals surface area contributed by atoms with Crippen LogP contribution in [0.15, 0.2) is 12.3 Å². The van der Waals surface area contributed by atoms with E-state index >= 15 is 0 Å². The van der Waals surface area contributed by atoms with Gasteiger partial charge in [0.1, 0.15) is 5.04 Å². The Kier molecular flexibility index (Phi) is 7.77. The molecule has 13 heavy (non-hydrogen) atoms. The molecule has 0 radical (unpaired) electrons. The summed E-state index contributed by atoms with van der Waals surface area (Å²) in [6.45, 7) is 1.90. The van der Waals surface area contributed by atoms with Crippen molar-refractivity contribution in [1.29, 1.82) is 5.41 Å². The van der Waals surface area contributed by atoms with E-state index in [2.05, 4.69) is 14.9 Å². The summed E-state index contributed by atoms with van der Waals surface area (Å²) in [4.78, 5) is 2.11. The zero-order valence-corrected chi connectivity index (χ0v) is 9.24. The minimum absolute atomic E-state index is 0.500. The zero-order chi connectivity index (χ0) is 10.1. The second-order valence-corrected chi connectivity index (χ2v) is 3.81. The molecule has 0 aromatic carbocycles. The third-order valence-electron chi connectivity index (χ3n) is 1.27. The molecule has 0 aliphatic carbocycles. The van der Waals surface area contributed by atoms with Gasteiger partial charge in [0.05, 0.1) is 0 Å². The number of nitrogens with zero attached hydrogens (tertiary/aromatic N) is 1. The predicted molar refractivity (Wildman–Crippen MR) is 60.1 cm³/mol. The van der Waals surface area contributed by atoms with Crippen LogP contribution in [0.1, 0.15) is 0 Å². The van der Waals surface area contributed by atoms with Gasteiger partial charge in [-0.25, -0.2) is 0 Å². The molecule has 0 bridgehead atoms. The van der Waals surface area contributed by atoms with Crippen molar-refractivity contribution in [1.82, 2.24) is 14.9 Å². The summed E-state index contributed by atoms with van der Waals surface area (Å²) in [6.07, 6.45) is 3.53. The maximum Gasteiger partial charge on any atom is 0.103 e. The van der Waals surface area contributed by atoms with Crippen molar-refractivity contribution in [3.63, 3.8) is 0 Å². The van der Waals surface area contributed by atoms with Crippen LogP contribution in [0.5, 0.6) is 0 Å². The summed E-state index contributed by atoms with van der Waals surface area (Å²) in [5, 5.41) is 11.0. The molecule has 0 fully saturated rings. The maximum absolute atomic E-state index is 7.37. The van der Waals surface area contributed by atoms with Crippen LogP contribution in [0.4, 0.5) is 0 Å². The summed E-state index contributed by atoms with van der Waals surface area (Å²) in [5.74, 6) is 0. The van der Waals surface area contributed by atoms with Crippen molar-refractivity contribution in [2.45, 2.75) is 0 Å². The molecular formula is C8H18N4S. The average Bonchev–Trinajstić information content (AvgIpc) is 2.03. The molecule has 5 heteroatoms. The topological polar surface area (TPSA) is 51.2 Å². The lowest BCUT2D eigenvalue weighted by Gasteiger charge is -2.08. The van der Waals surface area contributed by atoms with E-state index in [1.54, 1.807) is 19.3 Å². The first-order valence-electron chi connectivity index (χ1n) is 4.13. The first-order chi connectivity index (χ1) is 6.16. The van der Waals surface area contributed by atoms with Crippen LogP contribution >= 0.6 is 11.9 Å². The minimum Gasteiger partial charge on any atom is -0.390 e. The fraction of sp³-hybridized carbons (Fsp3) is 0.625. The highest BCUT2D eigenvalue weighted by molar-refractivity contribution is 8.12. The normalized spacial score (nSPS) is 11.1. The fourth-order valence-electron chi connectivity index (χ4n) is 0.650. The van der Waals surface area contributed by atoms with Gasteiger partial charge in [0.2, 0.25) is 0 Å². The Bertz CT molecular complexity index is 168. The fourth-order valence-corrected chi connectivity index (χ4v) is 1.01. The molecule has 0 aliphatic heterocycles. The van der Waals surface area contributed by atoms with Crippen molar-refractivity contribution in [3.8, 4) is 0 Å². The monoisotopic (exact) mass is 202 g/mol. The second kappa shape index (κ2) is 8.10. The molecule has 4 nitrogen and oxygen atoms in total. The lowest BCUT2D eigenvalue weighted by Crippen LogP contribution is -2.23. The molecule has 0 spiro atoms. The maximum atomic E-state index is 7.37. The Balaban J connectivity index is 3.35. The number of rotatable bonds is 6. The highest BCUT2D eigenvalue weighted by atomic mass is 32.2. The van der Waals surface area contributed by atoms with Crippen LogP contribution in [0.3, 0.4) is 0 Å². The average molecular weight is 202 g/mol. The molecule has 0 atom stereocenters. The molecule has 76 valence electrons. The summed E-state index contributed by atoms with van der Waals surface area (Å²) in [7, 11) is 5.86. The summed E-state index contributed by atoms with van der Waals surface area (Å²) in [6, 6.07) is 0. The molecule has 0 rings (SSSR count). The highest BCUT2D eigenvalue weighted by Gasteiger charge is 1.88. The smallest absolute Gasteiger partial charge is 0.103 e. The van der Waals surface area contributed by atoms with E-state index in [4.69, 9.17) is 5.41 Å². The van der Waals surface area contributed by atoms with E-state index in [0.29, 0.717) is 5.04 Å². The van der Waals surface area contributed by atoms with Crippen molar-refractivity contribution in [2.24, 2.45) is 0 Å². The van der Waals surface area contributed by atoms with Gasteiger partial charge in [0.15, 0.2) is 0 Å². The Morgan fingerprint density at radius 2 is 2.23 bits per heavy atom. The number of likely N-dealkylation sites (N-methyl/N-ethyl adjacent to an activating group) is 1. The van der Waals surface area contributed by atoms with E-state index < -0.39 is 0 Å². The zero-order valence-electron chi connectivity index (χ0n) is 8.42. The van der Waals surface area contributed by atoms with Gasteiger partial charge in [-0.05, 0) is 45.4 Å². The van der Waals surface area contributed by atoms with Crippen LogP contribution in [0.2, 0.25) is 0 Å². The largest absolute Gasteiger partial charge is 0.390 e. The quantitative estimate of drug-likeness (QED) is 0.254. The molecule has 0 amide bonds. The summed E-state index contributed by atoms with van der Waals surface area (Å²) < 4.78 is 2.83. The Labute approximate surface area is 84.4 Å². The van der Waals surface area contributed by atoms with Crippen molar-refractivity contribution in [3.05, 3.63) is 12.3 Å². The van der Waals surface area contributed by atoms with Crippen LogP contribution in [0.25, 0.3) is 0 Å². The number of nitrogens with one attached hydrogen (secondary N) is 3. The van der Waals surface area contributed by atoms with Gasteiger partial charge in [0, 0.05) is 13.1 Å². The molecule has 0 aromatic rings. The Morgan fingerprint density at radius 1 is 1.54 bits per heavy atom. The van der Waals surface area contributed by atoms with Crippen molar-refractivity contribution in [2.75, 3.05) is 34.2 Å². The molecule has 0 heterocycles. The number of hydrogen-bond acceptors (Lipinski definition) is 5. The number of hydrogen-bond donors (Lipinski definition) is 3. The first kappa shape index (κ1) is 12.5. The summed E-state index contributed by atoms with van der Waals surface area (Å²) >= 11 is 1.29. The Hall–Kier alpha value is -0.520. The molecular weight excluding hydrogens is 184 g/mol. The summed E-state index contributed by atoms with van der Waals surface area (Å²) in [5.41, 5.74) is 0. The van der Waals surface area contributed by atoms with Gasteiger partial charge >= 0.3 is 0 Å². The van der Waals surface area contributed by atoms with Crippen molar-refractivity contribution < 1.29 is 0 Å². The standard InChI is InChI=1S/C8H18N4S/c1-10-13-8(9)4-5-11-6-7-12(2)3/h4-5,9-11H,6-7H2,1-3H3/b5-4-,9-8?. The van der Waals surface area contributed by atoms with Gasteiger partial charge in [-0.1, -0.05) is 0 Å². The van der Waals surface area contributed by atoms with Crippen LogP contribution in [0, 0.1) is 5.41 Å². The molecule has 0 aliphatic rings. The van der Waals surface area contributed by atoms with Gasteiger partial charge in [0.25, 0.3) is 0 Å². The molecule has 0 aromatic heterocycles. The molecule has 0 unspecified atom stereocenters.